The molecule has 4 unspecified atom stereocenters. The van der Waals surface area contributed by atoms with Gasteiger partial charge in [-0.15, -0.1) is 0 Å². The Morgan fingerprint density at radius 2 is 1.69 bits per heavy atom. The van der Waals surface area contributed by atoms with Gasteiger partial charge in [-0.1, -0.05) is 13.8 Å². The Balaban J connectivity index is 2.93. The van der Waals surface area contributed by atoms with Crippen molar-refractivity contribution in [2.24, 2.45) is 17.4 Å². The molecule has 4 atom stereocenters. The van der Waals surface area contributed by atoms with Crippen LogP contribution in [-0.2, 0) is 28.8 Å². The summed E-state index contributed by atoms with van der Waals surface area (Å²) in [4.78, 5) is 72.7. The first kappa shape index (κ1) is 26.8. The molecule has 1 heterocycles. The number of hydrogen-bond acceptors (Lipinski definition) is 7. The van der Waals surface area contributed by atoms with Gasteiger partial charge >= 0.3 is 11.9 Å². The van der Waals surface area contributed by atoms with Crippen LogP contribution in [0.4, 0.5) is 0 Å². The van der Waals surface area contributed by atoms with E-state index in [4.69, 9.17) is 16.6 Å². The Kier molecular flexibility index (Phi) is 10.0. The van der Waals surface area contributed by atoms with E-state index >= 15 is 0 Å². The Morgan fingerprint density at radius 1 is 1.06 bits per heavy atom. The average Bonchev–Trinajstić information content (AvgIpc) is 3.18. The zero-order chi connectivity index (χ0) is 24.6. The van der Waals surface area contributed by atoms with E-state index in [1.54, 1.807) is 13.8 Å². The van der Waals surface area contributed by atoms with Crippen LogP contribution in [0.15, 0.2) is 0 Å². The molecule has 1 saturated heterocycles. The molecule has 180 valence electrons. The minimum atomic E-state index is -1.54. The minimum Gasteiger partial charge on any atom is -0.481 e. The first-order chi connectivity index (χ1) is 14.8. The van der Waals surface area contributed by atoms with Crippen LogP contribution < -0.4 is 22.1 Å². The smallest absolute Gasteiger partial charge is 0.326 e. The molecule has 13 nitrogen and oxygen atoms in total. The van der Waals surface area contributed by atoms with Crippen LogP contribution in [0.25, 0.3) is 0 Å². The predicted molar refractivity (Wildman–Crippen MR) is 110 cm³/mol. The van der Waals surface area contributed by atoms with Crippen LogP contribution in [0.1, 0.15) is 46.0 Å². The molecule has 1 aliphatic rings. The Labute approximate surface area is 184 Å². The van der Waals surface area contributed by atoms with Gasteiger partial charge in [0.25, 0.3) is 0 Å². The topological polar surface area (TPSA) is 222 Å². The van der Waals surface area contributed by atoms with Crippen LogP contribution in [0.2, 0.25) is 0 Å². The molecule has 0 radical (unpaired) electrons. The Hall–Kier alpha value is -3.22. The number of amides is 4. The van der Waals surface area contributed by atoms with E-state index in [9.17, 15) is 33.9 Å². The van der Waals surface area contributed by atoms with Gasteiger partial charge in [0, 0.05) is 13.0 Å². The maximum Gasteiger partial charge on any atom is 0.326 e. The van der Waals surface area contributed by atoms with E-state index in [-0.39, 0.29) is 5.92 Å². The number of carbonyl (C=O) groups excluding carboxylic acids is 4. The highest BCUT2D eigenvalue weighted by Gasteiger charge is 2.38. The van der Waals surface area contributed by atoms with Gasteiger partial charge in [0.15, 0.2) is 0 Å². The van der Waals surface area contributed by atoms with Crippen molar-refractivity contribution >= 4 is 35.6 Å². The third-order valence-corrected chi connectivity index (χ3v) is 5.14. The third-order valence-electron chi connectivity index (χ3n) is 5.14. The van der Waals surface area contributed by atoms with Gasteiger partial charge in [0.05, 0.1) is 12.5 Å². The molecule has 8 N–H and O–H groups in total. The Bertz CT molecular complexity index is 756. The zero-order valence-corrected chi connectivity index (χ0v) is 18.1. The van der Waals surface area contributed by atoms with Crippen LogP contribution in [0, 0.1) is 5.92 Å². The maximum absolute atomic E-state index is 12.8. The summed E-state index contributed by atoms with van der Waals surface area (Å²) in [6.45, 7) is 3.84. The summed E-state index contributed by atoms with van der Waals surface area (Å²) in [6, 6.07) is -4.75. The second-order valence-corrected chi connectivity index (χ2v) is 8.02. The number of nitrogens with one attached hydrogen (secondary N) is 2. The van der Waals surface area contributed by atoms with E-state index < -0.39 is 79.0 Å². The van der Waals surface area contributed by atoms with Crippen LogP contribution in [0.5, 0.6) is 0 Å². The van der Waals surface area contributed by atoms with Crippen molar-refractivity contribution in [2.45, 2.75) is 70.1 Å². The van der Waals surface area contributed by atoms with E-state index in [0.717, 1.165) is 0 Å². The summed E-state index contributed by atoms with van der Waals surface area (Å²) in [6.07, 6.45) is -0.665. The first-order valence-electron chi connectivity index (χ1n) is 10.2. The summed E-state index contributed by atoms with van der Waals surface area (Å²) in [7, 11) is 0. The van der Waals surface area contributed by atoms with E-state index in [0.29, 0.717) is 19.4 Å². The number of nitrogens with two attached hydrogens (primary N) is 2. The lowest BCUT2D eigenvalue weighted by atomic mass is 10.0. The average molecular weight is 457 g/mol. The Morgan fingerprint density at radius 3 is 2.19 bits per heavy atom. The first-order valence-corrected chi connectivity index (χ1v) is 10.2. The van der Waals surface area contributed by atoms with Crippen molar-refractivity contribution in [1.82, 2.24) is 15.5 Å². The summed E-state index contributed by atoms with van der Waals surface area (Å²) in [5, 5.41) is 22.4. The normalized spacial score (nSPS) is 18.5. The van der Waals surface area contributed by atoms with Crippen LogP contribution in [0.3, 0.4) is 0 Å². The van der Waals surface area contributed by atoms with Gasteiger partial charge in [0.1, 0.15) is 18.1 Å². The van der Waals surface area contributed by atoms with Crippen molar-refractivity contribution in [3.05, 3.63) is 0 Å². The second kappa shape index (κ2) is 12.0. The van der Waals surface area contributed by atoms with Gasteiger partial charge in [-0.3, -0.25) is 24.0 Å². The lowest BCUT2D eigenvalue weighted by Gasteiger charge is -2.29. The monoisotopic (exact) mass is 457 g/mol. The predicted octanol–water partition coefficient (Wildman–Crippen LogP) is -2.24. The number of likely N-dealkylation sites (tertiary alicyclic amines) is 1. The van der Waals surface area contributed by atoms with Crippen molar-refractivity contribution in [2.75, 3.05) is 6.54 Å². The number of aliphatic carboxylic acids is 2. The van der Waals surface area contributed by atoms with E-state index in [2.05, 4.69) is 10.6 Å². The third kappa shape index (κ3) is 7.80. The zero-order valence-electron chi connectivity index (χ0n) is 18.1. The molecule has 1 rings (SSSR count). The van der Waals surface area contributed by atoms with Crippen molar-refractivity contribution in [1.29, 1.82) is 0 Å². The lowest BCUT2D eigenvalue weighted by Crippen LogP contribution is -2.57. The number of carbonyl (C=O) groups is 6. The molecule has 0 aromatic heterocycles. The molecule has 0 bridgehead atoms. The molecule has 0 spiro atoms. The number of carboxylic acid groups (broad SMARTS) is 2. The largest absolute Gasteiger partial charge is 0.481 e. The molecule has 0 saturated carbocycles. The fourth-order valence-corrected chi connectivity index (χ4v) is 3.26. The highest BCUT2D eigenvalue weighted by molar-refractivity contribution is 5.96. The van der Waals surface area contributed by atoms with Gasteiger partial charge < -0.3 is 37.2 Å². The summed E-state index contributed by atoms with van der Waals surface area (Å²) in [5.41, 5.74) is 11.1. The maximum atomic E-state index is 12.8. The molecule has 1 aliphatic heterocycles. The summed E-state index contributed by atoms with van der Waals surface area (Å²) < 4.78 is 0. The van der Waals surface area contributed by atoms with E-state index in [1.165, 1.54) is 4.90 Å². The van der Waals surface area contributed by atoms with Crippen molar-refractivity contribution < 1.29 is 39.0 Å². The molecule has 0 aromatic rings. The molecule has 1 fully saturated rings. The van der Waals surface area contributed by atoms with Gasteiger partial charge in [-0.25, -0.2) is 4.79 Å². The van der Waals surface area contributed by atoms with Gasteiger partial charge in [-0.05, 0) is 25.2 Å². The number of carboxylic acids is 2. The van der Waals surface area contributed by atoms with Crippen LogP contribution >= 0.6 is 0 Å². The molecule has 0 aromatic carbocycles. The van der Waals surface area contributed by atoms with Gasteiger partial charge in [0.2, 0.25) is 23.6 Å². The quantitative estimate of drug-likeness (QED) is 0.186. The molecular weight excluding hydrogens is 426 g/mol. The second-order valence-electron chi connectivity index (χ2n) is 8.02. The van der Waals surface area contributed by atoms with E-state index in [1.807, 2.05) is 0 Å². The summed E-state index contributed by atoms with van der Waals surface area (Å²) >= 11 is 0. The summed E-state index contributed by atoms with van der Waals surface area (Å²) in [5.74, 6) is -5.93. The number of hydrogen-bond donors (Lipinski definition) is 6. The fourth-order valence-electron chi connectivity index (χ4n) is 3.26. The molecule has 4 amide bonds. The SMILES string of the molecule is CC(C)C(N)C(=O)N1CCCC1C(=O)NC(CC(N)=O)C(=O)NC(CCC(=O)O)C(=O)O. The molecular formula is C19H31N5O8. The van der Waals surface area contributed by atoms with Gasteiger partial charge in [-0.2, -0.15) is 0 Å². The number of rotatable bonds is 12. The minimum absolute atomic E-state index is 0.154. The molecule has 13 heteroatoms. The standard InChI is InChI=1S/C19H31N5O8/c1-9(2)15(21)18(30)24-7-3-4-12(24)17(29)23-11(8-13(20)25)16(28)22-10(19(31)32)5-6-14(26)27/h9-12,15H,3-8,21H2,1-2H3,(H2,20,25)(H,22,28)(H,23,29)(H,26,27)(H,31,32). The number of primary amides is 1. The molecule has 0 aliphatic carbocycles. The fraction of sp³-hybridized carbons (Fsp3) is 0.684. The molecule has 32 heavy (non-hydrogen) atoms. The highest BCUT2D eigenvalue weighted by Crippen LogP contribution is 2.20. The van der Waals surface area contributed by atoms with Crippen LogP contribution in [-0.4, -0.2) is 81.4 Å². The van der Waals surface area contributed by atoms with Crippen molar-refractivity contribution in [3.8, 4) is 0 Å². The van der Waals surface area contributed by atoms with Crippen molar-refractivity contribution in [3.63, 3.8) is 0 Å². The number of nitrogens with zero attached hydrogens (tertiary/aromatic N) is 1. The highest BCUT2D eigenvalue weighted by atomic mass is 16.4. The lowest BCUT2D eigenvalue weighted by molar-refractivity contribution is -0.144.